The maximum Gasteiger partial charge on any atom is 0.333 e. The van der Waals surface area contributed by atoms with Crippen molar-refractivity contribution in [3.8, 4) is 0 Å². The van der Waals surface area contributed by atoms with E-state index in [-0.39, 0.29) is 32.8 Å². The molecule has 0 fully saturated rings. The minimum atomic E-state index is -2.77. The van der Waals surface area contributed by atoms with Gasteiger partial charge in [0, 0.05) is 48.1 Å². The highest BCUT2D eigenvalue weighted by molar-refractivity contribution is 7.11. The van der Waals surface area contributed by atoms with Gasteiger partial charge < -0.3 is 14.8 Å². The van der Waals surface area contributed by atoms with Crippen molar-refractivity contribution in [3.63, 3.8) is 0 Å². The van der Waals surface area contributed by atoms with E-state index in [4.69, 9.17) is 9.47 Å². The van der Waals surface area contributed by atoms with Crippen LogP contribution in [-0.2, 0) is 9.47 Å². The highest BCUT2D eigenvalue weighted by Gasteiger charge is 2.34. The average Bonchev–Trinajstić information content (AvgIpc) is 3.41. The molecular formula is C19H22F3N5O2S. The van der Waals surface area contributed by atoms with Gasteiger partial charge in [-0.25, -0.2) is 14.1 Å². The quantitative estimate of drug-likeness (QED) is 0.427. The van der Waals surface area contributed by atoms with E-state index in [0.29, 0.717) is 32.4 Å². The lowest BCUT2D eigenvalue weighted by molar-refractivity contribution is -0.0260. The molecule has 162 valence electrons. The lowest BCUT2D eigenvalue weighted by Gasteiger charge is -2.29. The molecule has 30 heavy (non-hydrogen) atoms. The largest absolute Gasteiger partial charge is 0.381 e. The van der Waals surface area contributed by atoms with Crippen LogP contribution in [-0.4, -0.2) is 59.7 Å². The number of alkyl halides is 3. The fourth-order valence-corrected chi connectivity index (χ4v) is 3.63. The number of hydrogen-bond donors (Lipinski definition) is 1. The molecule has 0 radical (unpaired) electrons. The number of halogens is 3. The van der Waals surface area contributed by atoms with Gasteiger partial charge in [-0.05, 0) is 0 Å². The van der Waals surface area contributed by atoms with Gasteiger partial charge in [-0.15, -0.1) is 17.9 Å². The maximum absolute atomic E-state index is 15.6. The monoisotopic (exact) mass is 441 g/mol. The molecule has 0 bridgehead atoms. The van der Waals surface area contributed by atoms with Gasteiger partial charge in [0.25, 0.3) is 0 Å². The zero-order valence-corrected chi connectivity index (χ0v) is 17.2. The number of nitrogens with zero attached hydrogens (tertiary/aromatic N) is 4. The standard InChI is InChI=1S/C19H22F3N5O2S/c1-3-5-29-12-19(22,11-28-2)7-15-14(13-8-25-27(10-13)18(20)21)9-24-16(26-15)17-23-4-6-30-17/h3-4,6,8,10,18H,1,5,7,9,11-12H2,2H3,(H,24,26). The topological polar surface area (TPSA) is 73.6 Å². The smallest absolute Gasteiger partial charge is 0.333 e. The minimum absolute atomic E-state index is 0.0996. The first-order chi connectivity index (χ1) is 14.5. The number of nitrogens with one attached hydrogen (secondary N) is 1. The molecular weight excluding hydrogens is 419 g/mol. The third-order valence-corrected chi connectivity index (χ3v) is 5.09. The molecule has 0 spiro atoms. The van der Waals surface area contributed by atoms with Crippen molar-refractivity contribution in [1.29, 1.82) is 0 Å². The molecule has 0 saturated heterocycles. The SMILES string of the molecule is C=CCOCC(F)(COC)CC1=C(c2cnn(C(F)F)c2)CN=C(c2nccs2)N1. The summed E-state index contributed by atoms with van der Waals surface area (Å²) >= 11 is 1.38. The highest BCUT2D eigenvalue weighted by atomic mass is 32.1. The minimum Gasteiger partial charge on any atom is -0.381 e. The molecule has 1 N–H and O–H groups in total. The van der Waals surface area contributed by atoms with Crippen LogP contribution < -0.4 is 5.32 Å². The van der Waals surface area contributed by atoms with E-state index in [2.05, 4.69) is 27.0 Å². The second kappa shape index (κ2) is 10.0. The van der Waals surface area contributed by atoms with Crippen LogP contribution >= 0.6 is 11.3 Å². The Morgan fingerprint density at radius 3 is 2.90 bits per heavy atom. The van der Waals surface area contributed by atoms with Crippen molar-refractivity contribution in [2.45, 2.75) is 18.6 Å². The highest BCUT2D eigenvalue weighted by Crippen LogP contribution is 2.30. The Bertz CT molecular complexity index is 913. The molecule has 3 rings (SSSR count). The average molecular weight is 441 g/mol. The van der Waals surface area contributed by atoms with E-state index in [0.717, 1.165) is 0 Å². The fraction of sp³-hybridized carbons (Fsp3) is 0.421. The Morgan fingerprint density at radius 2 is 2.27 bits per heavy atom. The summed E-state index contributed by atoms with van der Waals surface area (Å²) in [6.45, 7) is 0.730. The lowest BCUT2D eigenvalue weighted by Crippen LogP contribution is -2.40. The van der Waals surface area contributed by atoms with E-state index in [1.807, 2.05) is 0 Å². The molecule has 0 amide bonds. The molecule has 0 aromatic carbocycles. The van der Waals surface area contributed by atoms with Crippen LogP contribution in [0.2, 0.25) is 0 Å². The molecule has 7 nitrogen and oxygen atoms in total. The van der Waals surface area contributed by atoms with Crippen molar-refractivity contribution in [2.75, 3.05) is 33.5 Å². The molecule has 1 atom stereocenters. The first-order valence-corrected chi connectivity index (χ1v) is 9.96. The number of methoxy groups -OCH3 is 1. The van der Waals surface area contributed by atoms with Gasteiger partial charge in [0.1, 0.15) is 0 Å². The van der Waals surface area contributed by atoms with Crippen molar-refractivity contribution >= 4 is 22.7 Å². The second-order valence-corrected chi connectivity index (χ2v) is 7.53. The van der Waals surface area contributed by atoms with Gasteiger partial charge in [0.15, 0.2) is 16.5 Å². The Kier molecular flexibility index (Phi) is 7.40. The maximum atomic E-state index is 15.6. The van der Waals surface area contributed by atoms with Gasteiger partial charge in [0.2, 0.25) is 0 Å². The fourth-order valence-electron chi connectivity index (χ4n) is 3.03. The van der Waals surface area contributed by atoms with Crippen LogP contribution in [0.25, 0.3) is 5.57 Å². The lowest BCUT2D eigenvalue weighted by atomic mass is 9.95. The summed E-state index contributed by atoms with van der Waals surface area (Å²) in [6, 6.07) is 0. The molecule has 2 aromatic heterocycles. The molecule has 0 saturated carbocycles. The first kappa shape index (κ1) is 22.2. The van der Waals surface area contributed by atoms with E-state index in [1.54, 1.807) is 11.6 Å². The third-order valence-electron chi connectivity index (χ3n) is 4.31. The van der Waals surface area contributed by atoms with Gasteiger partial charge >= 0.3 is 6.55 Å². The Morgan fingerprint density at radius 1 is 1.43 bits per heavy atom. The van der Waals surface area contributed by atoms with E-state index >= 15 is 4.39 Å². The first-order valence-electron chi connectivity index (χ1n) is 9.08. The zero-order valence-electron chi connectivity index (χ0n) is 16.4. The number of amidine groups is 1. The number of aromatic nitrogens is 3. The summed E-state index contributed by atoms with van der Waals surface area (Å²) in [5.41, 5.74) is -0.351. The number of hydrogen-bond acceptors (Lipinski definition) is 7. The van der Waals surface area contributed by atoms with Gasteiger partial charge in [0.05, 0.1) is 32.6 Å². The molecule has 1 unspecified atom stereocenters. The number of allylic oxidation sites excluding steroid dienone is 1. The van der Waals surface area contributed by atoms with E-state index in [1.165, 1.54) is 36.9 Å². The van der Waals surface area contributed by atoms with Crippen LogP contribution in [0.4, 0.5) is 13.2 Å². The normalized spacial score (nSPS) is 16.4. The summed E-state index contributed by atoms with van der Waals surface area (Å²) in [7, 11) is 1.40. The molecule has 11 heteroatoms. The number of aliphatic imine (C=N–C) groups is 1. The summed E-state index contributed by atoms with van der Waals surface area (Å²) in [6.07, 6.45) is 5.61. The summed E-state index contributed by atoms with van der Waals surface area (Å²) < 4.78 is 52.5. The third kappa shape index (κ3) is 5.35. The van der Waals surface area contributed by atoms with Crippen LogP contribution in [0.1, 0.15) is 23.5 Å². The second-order valence-electron chi connectivity index (χ2n) is 6.64. The molecule has 3 heterocycles. The molecule has 0 aliphatic carbocycles. The van der Waals surface area contributed by atoms with Crippen molar-refractivity contribution in [2.24, 2.45) is 4.99 Å². The van der Waals surface area contributed by atoms with Crippen LogP contribution in [0.5, 0.6) is 0 Å². The number of thiazole rings is 1. The van der Waals surface area contributed by atoms with Crippen molar-refractivity contribution < 1.29 is 22.6 Å². The van der Waals surface area contributed by atoms with Gasteiger partial charge in [-0.2, -0.15) is 13.9 Å². The van der Waals surface area contributed by atoms with Gasteiger partial charge in [-0.1, -0.05) is 6.08 Å². The molecule has 1 aliphatic heterocycles. The number of ether oxygens (including phenoxy) is 2. The van der Waals surface area contributed by atoms with Crippen LogP contribution in [0.3, 0.4) is 0 Å². The van der Waals surface area contributed by atoms with Crippen LogP contribution in [0, 0.1) is 0 Å². The predicted octanol–water partition coefficient (Wildman–Crippen LogP) is 3.44. The summed E-state index contributed by atoms with van der Waals surface area (Å²) in [5, 5.41) is 9.26. The van der Waals surface area contributed by atoms with E-state index in [9.17, 15) is 8.78 Å². The van der Waals surface area contributed by atoms with E-state index < -0.39 is 12.2 Å². The van der Waals surface area contributed by atoms with Crippen LogP contribution in [0.15, 0.2) is 47.3 Å². The zero-order chi connectivity index (χ0) is 21.6. The Hall–Kier alpha value is -2.50. The van der Waals surface area contributed by atoms with Gasteiger partial charge in [-0.3, -0.25) is 4.99 Å². The Balaban J connectivity index is 1.92. The molecule has 2 aromatic rings. The predicted molar refractivity (Wildman–Crippen MR) is 108 cm³/mol. The van der Waals surface area contributed by atoms with Crippen molar-refractivity contribution in [3.05, 3.63) is 52.9 Å². The van der Waals surface area contributed by atoms with Crippen molar-refractivity contribution in [1.82, 2.24) is 20.1 Å². The summed E-state index contributed by atoms with van der Waals surface area (Å²) in [5.74, 6) is 0.497. The summed E-state index contributed by atoms with van der Waals surface area (Å²) in [4.78, 5) is 8.68. The Labute approximate surface area is 175 Å². The number of rotatable bonds is 11. The molecule has 1 aliphatic rings.